The molecule has 1 aliphatic carbocycles. The maximum Gasteiger partial charge on any atom is 0.303 e. The van der Waals surface area contributed by atoms with Crippen molar-refractivity contribution < 1.29 is 19.5 Å². The molecule has 1 N–H and O–H groups in total. The van der Waals surface area contributed by atoms with Gasteiger partial charge in [-0.05, 0) is 31.1 Å². The van der Waals surface area contributed by atoms with Crippen LogP contribution in [-0.4, -0.2) is 34.3 Å². The summed E-state index contributed by atoms with van der Waals surface area (Å²) in [4.78, 5) is 37.1. The Hall–Kier alpha value is -1.39. The topological polar surface area (TPSA) is 74.7 Å². The van der Waals surface area contributed by atoms with Crippen LogP contribution in [0.2, 0.25) is 0 Å². The number of imide groups is 1. The number of carboxylic acids is 1. The molecule has 2 fully saturated rings. The Labute approximate surface area is 119 Å². The summed E-state index contributed by atoms with van der Waals surface area (Å²) in [6, 6.07) is 0. The van der Waals surface area contributed by atoms with Gasteiger partial charge in [0, 0.05) is 13.0 Å². The van der Waals surface area contributed by atoms with Gasteiger partial charge < -0.3 is 5.11 Å². The highest BCUT2D eigenvalue weighted by atomic mass is 16.4. The van der Waals surface area contributed by atoms with Crippen LogP contribution in [-0.2, 0) is 14.4 Å². The van der Waals surface area contributed by atoms with Crippen molar-refractivity contribution in [3.63, 3.8) is 0 Å². The molecule has 1 heterocycles. The molecule has 1 saturated carbocycles. The minimum absolute atomic E-state index is 0.0509. The number of nitrogens with zero attached hydrogens (tertiary/aromatic N) is 1. The van der Waals surface area contributed by atoms with Crippen molar-refractivity contribution in [1.29, 1.82) is 0 Å². The van der Waals surface area contributed by atoms with Crippen LogP contribution in [0.4, 0.5) is 0 Å². The summed E-state index contributed by atoms with van der Waals surface area (Å²) in [5.41, 5.74) is -0.931. The van der Waals surface area contributed by atoms with Crippen LogP contribution in [0.25, 0.3) is 0 Å². The fourth-order valence-electron chi connectivity index (χ4n) is 3.55. The third-order valence-corrected chi connectivity index (χ3v) is 5.28. The number of rotatable bonds is 6. The van der Waals surface area contributed by atoms with Gasteiger partial charge in [-0.3, -0.25) is 19.3 Å². The highest BCUT2D eigenvalue weighted by molar-refractivity contribution is 6.05. The molecule has 1 saturated heterocycles. The minimum atomic E-state index is -0.846. The van der Waals surface area contributed by atoms with Crippen molar-refractivity contribution in [1.82, 2.24) is 4.90 Å². The molecule has 0 aromatic carbocycles. The molecule has 2 amide bonds. The smallest absolute Gasteiger partial charge is 0.303 e. The van der Waals surface area contributed by atoms with Crippen LogP contribution in [0, 0.1) is 10.8 Å². The highest BCUT2D eigenvalue weighted by Crippen LogP contribution is 2.47. The third-order valence-electron chi connectivity index (χ3n) is 5.28. The molecule has 0 bridgehead atoms. The normalized spacial score (nSPS) is 23.8. The fourth-order valence-corrected chi connectivity index (χ4v) is 3.55. The first-order chi connectivity index (χ1) is 9.38. The lowest BCUT2D eigenvalue weighted by Crippen LogP contribution is -2.47. The number of carbonyl (C=O) groups is 3. The van der Waals surface area contributed by atoms with E-state index in [0.717, 1.165) is 19.3 Å². The maximum absolute atomic E-state index is 12.6. The Bertz CT molecular complexity index is 435. The van der Waals surface area contributed by atoms with E-state index in [1.54, 1.807) is 0 Å². The molecule has 0 spiro atoms. The molecule has 0 aromatic heterocycles. The maximum atomic E-state index is 12.6. The van der Waals surface area contributed by atoms with Crippen LogP contribution >= 0.6 is 0 Å². The monoisotopic (exact) mass is 281 g/mol. The fraction of sp³-hybridized carbons (Fsp3) is 0.800. The lowest BCUT2D eigenvalue weighted by molar-refractivity contribution is -0.149. The first-order valence-corrected chi connectivity index (χ1v) is 7.45. The van der Waals surface area contributed by atoms with Crippen molar-refractivity contribution in [2.45, 2.75) is 58.8 Å². The van der Waals surface area contributed by atoms with E-state index in [4.69, 9.17) is 5.11 Å². The molecule has 0 unspecified atom stereocenters. The lowest BCUT2D eigenvalue weighted by atomic mass is 9.66. The van der Waals surface area contributed by atoms with Gasteiger partial charge in [0.2, 0.25) is 11.8 Å². The number of likely N-dealkylation sites (tertiary alicyclic amines) is 1. The zero-order chi connectivity index (χ0) is 15.0. The van der Waals surface area contributed by atoms with Crippen molar-refractivity contribution >= 4 is 17.8 Å². The molecular formula is C15H23NO4. The molecule has 20 heavy (non-hydrogen) atoms. The number of carboxylic acid groups (broad SMARTS) is 1. The lowest BCUT2D eigenvalue weighted by Gasteiger charge is -2.43. The first-order valence-electron chi connectivity index (χ1n) is 7.45. The number of hydrogen-bond donors (Lipinski definition) is 1. The Balaban J connectivity index is 2.15. The summed E-state index contributed by atoms with van der Waals surface area (Å²) in [5, 5.41) is 9.03. The van der Waals surface area contributed by atoms with E-state index in [1.807, 2.05) is 13.8 Å². The molecule has 112 valence electrons. The molecule has 0 aromatic rings. The summed E-state index contributed by atoms with van der Waals surface area (Å²) in [6.07, 6.45) is 4.23. The Morgan fingerprint density at radius 2 is 1.85 bits per heavy atom. The quantitative estimate of drug-likeness (QED) is 0.757. The molecule has 5 heteroatoms. The zero-order valence-corrected chi connectivity index (χ0v) is 12.3. The van der Waals surface area contributed by atoms with E-state index in [2.05, 4.69) is 0 Å². The van der Waals surface area contributed by atoms with E-state index in [1.165, 1.54) is 4.90 Å². The predicted octanol–water partition coefficient (Wildman–Crippen LogP) is 2.20. The van der Waals surface area contributed by atoms with Crippen molar-refractivity contribution in [2.75, 3.05) is 6.54 Å². The van der Waals surface area contributed by atoms with E-state index in [9.17, 15) is 14.4 Å². The van der Waals surface area contributed by atoms with E-state index in [0.29, 0.717) is 19.4 Å². The van der Waals surface area contributed by atoms with Gasteiger partial charge >= 0.3 is 5.97 Å². The molecule has 1 aliphatic heterocycles. The third kappa shape index (κ3) is 2.34. The average molecular weight is 281 g/mol. The van der Waals surface area contributed by atoms with Crippen LogP contribution in [0.5, 0.6) is 0 Å². The van der Waals surface area contributed by atoms with E-state index >= 15 is 0 Å². The van der Waals surface area contributed by atoms with Gasteiger partial charge in [0.15, 0.2) is 0 Å². The molecule has 5 nitrogen and oxygen atoms in total. The summed E-state index contributed by atoms with van der Waals surface area (Å²) in [7, 11) is 0. The van der Waals surface area contributed by atoms with Crippen LogP contribution in [0.3, 0.4) is 0 Å². The predicted molar refractivity (Wildman–Crippen MR) is 72.9 cm³/mol. The summed E-state index contributed by atoms with van der Waals surface area (Å²) in [5.74, 6) is -1.07. The molecule has 0 radical (unpaired) electrons. The number of aliphatic carboxylic acids is 1. The number of hydrogen-bond acceptors (Lipinski definition) is 3. The van der Waals surface area contributed by atoms with Crippen molar-refractivity contribution in [2.24, 2.45) is 10.8 Å². The van der Waals surface area contributed by atoms with Gasteiger partial charge in [-0.2, -0.15) is 0 Å². The van der Waals surface area contributed by atoms with Crippen LogP contribution in [0.1, 0.15) is 58.8 Å². The second-order valence-electron chi connectivity index (χ2n) is 6.37. The van der Waals surface area contributed by atoms with Crippen molar-refractivity contribution in [3.05, 3.63) is 0 Å². The standard InChI is InChI=1S/C15H23NO4/c1-3-15(4-2)8-11(17)16(13(15)20)10-14(6-5-7-14)9-12(18)19/h3-10H2,1-2H3,(H,18,19). The van der Waals surface area contributed by atoms with Crippen molar-refractivity contribution in [3.8, 4) is 0 Å². The minimum Gasteiger partial charge on any atom is -0.481 e. The first kappa shape index (κ1) is 15.0. The Morgan fingerprint density at radius 1 is 1.25 bits per heavy atom. The van der Waals surface area contributed by atoms with Gasteiger partial charge in [0.25, 0.3) is 0 Å². The summed E-state index contributed by atoms with van der Waals surface area (Å²) >= 11 is 0. The van der Waals surface area contributed by atoms with E-state index in [-0.39, 0.29) is 30.1 Å². The number of amides is 2. The average Bonchev–Trinajstić information content (AvgIpc) is 2.60. The SMILES string of the molecule is CCC1(CC)CC(=O)N(CC2(CC(=O)O)CCC2)C1=O. The van der Waals surface area contributed by atoms with Gasteiger partial charge in [0.05, 0.1) is 11.8 Å². The molecule has 2 rings (SSSR count). The molecule has 0 atom stereocenters. The van der Waals surface area contributed by atoms with E-state index < -0.39 is 11.4 Å². The zero-order valence-electron chi connectivity index (χ0n) is 12.3. The molecule has 2 aliphatic rings. The summed E-state index contributed by atoms with van der Waals surface area (Å²) < 4.78 is 0. The largest absolute Gasteiger partial charge is 0.481 e. The Morgan fingerprint density at radius 3 is 2.20 bits per heavy atom. The van der Waals surface area contributed by atoms with Gasteiger partial charge in [-0.1, -0.05) is 20.3 Å². The van der Waals surface area contributed by atoms with Gasteiger partial charge in [-0.25, -0.2) is 0 Å². The Kier molecular flexibility index (Phi) is 3.89. The molecular weight excluding hydrogens is 258 g/mol. The summed E-state index contributed by atoms with van der Waals surface area (Å²) in [6.45, 7) is 4.17. The second-order valence-corrected chi connectivity index (χ2v) is 6.37. The van der Waals surface area contributed by atoms with Gasteiger partial charge in [0.1, 0.15) is 0 Å². The second kappa shape index (κ2) is 5.19. The highest BCUT2D eigenvalue weighted by Gasteiger charge is 2.52. The van der Waals surface area contributed by atoms with Crippen LogP contribution < -0.4 is 0 Å². The number of carbonyl (C=O) groups excluding carboxylic acids is 2. The van der Waals surface area contributed by atoms with Crippen LogP contribution in [0.15, 0.2) is 0 Å². The van der Waals surface area contributed by atoms with Gasteiger partial charge in [-0.15, -0.1) is 0 Å².